The molecule has 0 radical (unpaired) electrons. The number of piperidine rings is 1. The van der Waals surface area contributed by atoms with Gasteiger partial charge in [-0.05, 0) is 38.8 Å². The molecule has 1 N–H and O–H groups in total. The van der Waals surface area contributed by atoms with Crippen LogP contribution in [0.3, 0.4) is 0 Å². The molecule has 0 amide bonds. The largest absolute Gasteiger partial charge is 0.346 e. The van der Waals surface area contributed by atoms with Crippen LogP contribution in [0.15, 0.2) is 16.4 Å². The Bertz CT molecular complexity index is 624. The van der Waals surface area contributed by atoms with Crippen LogP contribution in [0.25, 0.3) is 0 Å². The molecule has 1 fully saturated rings. The summed E-state index contributed by atoms with van der Waals surface area (Å²) >= 11 is 1.56. The lowest BCUT2D eigenvalue weighted by Crippen LogP contribution is -2.30. The summed E-state index contributed by atoms with van der Waals surface area (Å²) in [6.07, 6.45) is 4.99. The molecule has 0 spiro atoms. The Hall–Kier alpha value is -1.47. The van der Waals surface area contributed by atoms with E-state index in [9.17, 15) is 4.79 Å². The molecule has 2 aromatic heterocycles. The molecule has 0 aliphatic carbocycles. The maximum atomic E-state index is 12.4. The molecule has 2 aromatic rings. The van der Waals surface area contributed by atoms with Crippen LogP contribution in [0.1, 0.15) is 30.6 Å². The fourth-order valence-corrected chi connectivity index (χ4v) is 3.46. The van der Waals surface area contributed by atoms with Gasteiger partial charge in [0.15, 0.2) is 0 Å². The lowest BCUT2D eigenvalue weighted by molar-refractivity contribution is 0.362. The summed E-state index contributed by atoms with van der Waals surface area (Å²) in [6, 6.07) is 0. The van der Waals surface area contributed by atoms with Crippen molar-refractivity contribution in [2.24, 2.45) is 5.92 Å². The van der Waals surface area contributed by atoms with E-state index in [1.165, 1.54) is 0 Å². The number of nitrogens with zero attached hydrogens (tertiary/aromatic N) is 4. The number of nitrogens with one attached hydrogen (secondary N) is 1. The highest BCUT2D eigenvalue weighted by Crippen LogP contribution is 2.16. The van der Waals surface area contributed by atoms with Gasteiger partial charge in [0.1, 0.15) is 10.8 Å². The number of hydrogen-bond acceptors (Lipinski definition) is 5. The van der Waals surface area contributed by atoms with Crippen LogP contribution in [0.4, 0.5) is 0 Å². The molecule has 21 heavy (non-hydrogen) atoms. The summed E-state index contributed by atoms with van der Waals surface area (Å²) in [6.45, 7) is 5.30. The second kappa shape index (κ2) is 6.53. The summed E-state index contributed by atoms with van der Waals surface area (Å²) in [7, 11) is 0. The van der Waals surface area contributed by atoms with Crippen molar-refractivity contribution in [3.8, 4) is 0 Å². The van der Waals surface area contributed by atoms with Gasteiger partial charge in [-0.2, -0.15) is 5.10 Å². The Morgan fingerprint density at radius 2 is 2.24 bits per heavy atom. The molecular formula is C14H21N5OS. The maximum absolute atomic E-state index is 12.4. The molecule has 1 saturated heterocycles. The van der Waals surface area contributed by atoms with E-state index in [1.807, 2.05) is 12.3 Å². The van der Waals surface area contributed by atoms with Crippen LogP contribution in [-0.2, 0) is 19.5 Å². The molecule has 114 valence electrons. The fourth-order valence-electron chi connectivity index (χ4n) is 2.86. The first-order chi connectivity index (χ1) is 10.3. The number of aromatic nitrogens is 4. The van der Waals surface area contributed by atoms with E-state index in [0.717, 1.165) is 43.2 Å². The first-order valence-electron chi connectivity index (χ1n) is 7.53. The third-order valence-electron chi connectivity index (χ3n) is 4.01. The van der Waals surface area contributed by atoms with Crippen LogP contribution in [0.5, 0.6) is 0 Å². The molecule has 1 aliphatic rings. The van der Waals surface area contributed by atoms with Crippen LogP contribution >= 0.6 is 11.3 Å². The molecule has 0 atom stereocenters. The second-order valence-corrected chi connectivity index (χ2v) is 6.40. The van der Waals surface area contributed by atoms with Crippen LogP contribution in [0, 0.1) is 5.92 Å². The lowest BCUT2D eigenvalue weighted by atomic mass is 9.94. The maximum Gasteiger partial charge on any atom is 0.346 e. The molecule has 0 aromatic carbocycles. The number of rotatable bonds is 5. The molecule has 3 heterocycles. The molecule has 7 heteroatoms. The summed E-state index contributed by atoms with van der Waals surface area (Å²) in [5, 5.41) is 10.8. The summed E-state index contributed by atoms with van der Waals surface area (Å²) < 4.78 is 3.36. The van der Waals surface area contributed by atoms with E-state index in [-0.39, 0.29) is 5.69 Å². The monoisotopic (exact) mass is 307 g/mol. The predicted molar refractivity (Wildman–Crippen MR) is 82.7 cm³/mol. The standard InChI is InChI=1S/C14H21N5OS/c1-2-18-12(9-11-3-5-15-6-4-11)17-19(14(18)20)10-13-16-7-8-21-13/h7-8,11,15H,2-6,9-10H2,1H3. The van der Waals surface area contributed by atoms with Gasteiger partial charge in [0.25, 0.3) is 0 Å². The fraction of sp³-hybridized carbons (Fsp3) is 0.643. The number of thiazole rings is 1. The molecule has 3 rings (SSSR count). The van der Waals surface area contributed by atoms with Gasteiger partial charge in [0, 0.05) is 24.5 Å². The quantitative estimate of drug-likeness (QED) is 0.899. The van der Waals surface area contributed by atoms with Gasteiger partial charge in [-0.25, -0.2) is 14.5 Å². The highest BCUT2D eigenvalue weighted by Gasteiger charge is 2.19. The van der Waals surface area contributed by atoms with Gasteiger partial charge in [-0.3, -0.25) is 4.57 Å². The Morgan fingerprint density at radius 3 is 2.90 bits per heavy atom. The van der Waals surface area contributed by atoms with Crippen molar-refractivity contribution < 1.29 is 0 Å². The molecule has 0 unspecified atom stereocenters. The van der Waals surface area contributed by atoms with Gasteiger partial charge in [0.05, 0.1) is 6.54 Å². The Morgan fingerprint density at radius 1 is 1.43 bits per heavy atom. The van der Waals surface area contributed by atoms with Crippen molar-refractivity contribution in [1.82, 2.24) is 24.6 Å². The third-order valence-corrected chi connectivity index (χ3v) is 4.78. The molecule has 1 aliphatic heterocycles. The highest BCUT2D eigenvalue weighted by atomic mass is 32.1. The van der Waals surface area contributed by atoms with Crippen LogP contribution < -0.4 is 11.0 Å². The van der Waals surface area contributed by atoms with E-state index >= 15 is 0 Å². The Labute approximate surface area is 127 Å². The van der Waals surface area contributed by atoms with Crippen molar-refractivity contribution in [3.05, 3.63) is 32.9 Å². The van der Waals surface area contributed by atoms with E-state index in [0.29, 0.717) is 19.0 Å². The average molecular weight is 307 g/mol. The van der Waals surface area contributed by atoms with Crippen molar-refractivity contribution in [3.63, 3.8) is 0 Å². The van der Waals surface area contributed by atoms with Gasteiger partial charge in [0.2, 0.25) is 0 Å². The van der Waals surface area contributed by atoms with Gasteiger partial charge < -0.3 is 5.32 Å². The molecule has 0 bridgehead atoms. The van der Waals surface area contributed by atoms with Crippen molar-refractivity contribution in [1.29, 1.82) is 0 Å². The van der Waals surface area contributed by atoms with Crippen LogP contribution in [0.2, 0.25) is 0 Å². The van der Waals surface area contributed by atoms with Crippen LogP contribution in [-0.4, -0.2) is 32.4 Å². The summed E-state index contributed by atoms with van der Waals surface area (Å²) in [4.78, 5) is 16.7. The van der Waals surface area contributed by atoms with Crippen molar-refractivity contribution in [2.45, 2.75) is 39.3 Å². The molecule has 0 saturated carbocycles. The van der Waals surface area contributed by atoms with Gasteiger partial charge in [-0.15, -0.1) is 11.3 Å². The topological polar surface area (TPSA) is 64.7 Å². The SMILES string of the molecule is CCn1c(CC2CCNCC2)nn(Cc2nccs2)c1=O. The number of hydrogen-bond donors (Lipinski definition) is 1. The van der Waals surface area contributed by atoms with E-state index in [4.69, 9.17) is 0 Å². The minimum absolute atomic E-state index is 0.0170. The van der Waals surface area contributed by atoms with Gasteiger partial charge >= 0.3 is 5.69 Å². The minimum Gasteiger partial charge on any atom is -0.317 e. The zero-order valence-electron chi connectivity index (χ0n) is 12.3. The van der Waals surface area contributed by atoms with Gasteiger partial charge in [-0.1, -0.05) is 0 Å². The Kier molecular flexibility index (Phi) is 4.50. The Balaban J connectivity index is 1.80. The summed E-state index contributed by atoms with van der Waals surface area (Å²) in [5.41, 5.74) is -0.0170. The molecule has 6 nitrogen and oxygen atoms in total. The lowest BCUT2D eigenvalue weighted by Gasteiger charge is -2.21. The summed E-state index contributed by atoms with van der Waals surface area (Å²) in [5.74, 6) is 1.55. The normalized spacial score (nSPS) is 16.4. The van der Waals surface area contributed by atoms with E-state index in [2.05, 4.69) is 15.4 Å². The average Bonchev–Trinajstić information content (AvgIpc) is 3.10. The minimum atomic E-state index is -0.0170. The highest BCUT2D eigenvalue weighted by molar-refractivity contribution is 7.09. The molecular weight excluding hydrogens is 286 g/mol. The zero-order valence-corrected chi connectivity index (χ0v) is 13.1. The van der Waals surface area contributed by atoms with Crippen molar-refractivity contribution in [2.75, 3.05) is 13.1 Å². The second-order valence-electron chi connectivity index (χ2n) is 5.42. The third kappa shape index (κ3) is 3.24. The smallest absolute Gasteiger partial charge is 0.317 e. The van der Waals surface area contributed by atoms with Crippen molar-refractivity contribution >= 4 is 11.3 Å². The first-order valence-corrected chi connectivity index (χ1v) is 8.41. The first kappa shape index (κ1) is 14.5. The van der Waals surface area contributed by atoms with E-state index < -0.39 is 0 Å². The predicted octanol–water partition coefficient (Wildman–Crippen LogP) is 1.11. The van der Waals surface area contributed by atoms with E-state index in [1.54, 1.807) is 26.8 Å². The zero-order chi connectivity index (χ0) is 14.7.